The van der Waals surface area contributed by atoms with E-state index in [9.17, 15) is 9.18 Å². The number of nitrogens with one attached hydrogen (secondary N) is 1. The maximum absolute atomic E-state index is 13.5. The van der Waals surface area contributed by atoms with Crippen LogP contribution in [-0.2, 0) is 6.54 Å². The largest absolute Gasteiger partial charge is 0.366 e. The first-order valence-corrected chi connectivity index (χ1v) is 5.83. The second-order valence-corrected chi connectivity index (χ2v) is 4.06. The van der Waals surface area contributed by atoms with E-state index in [-0.39, 0.29) is 11.9 Å². The molecule has 0 radical (unpaired) electrons. The first-order chi connectivity index (χ1) is 8.58. The Kier molecular flexibility index (Phi) is 5.34. The third kappa shape index (κ3) is 3.86. The summed E-state index contributed by atoms with van der Waals surface area (Å²) in [6.07, 6.45) is 6.70. The summed E-state index contributed by atoms with van der Waals surface area (Å²) >= 11 is 0. The van der Waals surface area contributed by atoms with Crippen LogP contribution in [0.4, 0.5) is 4.39 Å². The van der Waals surface area contributed by atoms with Gasteiger partial charge in [-0.2, -0.15) is 0 Å². The lowest BCUT2D eigenvalue weighted by Gasteiger charge is -2.14. The predicted octanol–water partition coefficient (Wildman–Crippen LogP) is 1.82. The Morgan fingerprint density at radius 1 is 1.61 bits per heavy atom. The van der Waals surface area contributed by atoms with E-state index in [0.717, 1.165) is 6.42 Å². The highest BCUT2D eigenvalue weighted by molar-refractivity contribution is 5.92. The van der Waals surface area contributed by atoms with Crippen LogP contribution in [0.25, 0.3) is 0 Å². The fraction of sp³-hybridized carbons (Fsp3) is 0.357. The Labute approximate surface area is 107 Å². The quantitative estimate of drug-likeness (QED) is 0.754. The molecule has 1 atom stereocenters. The van der Waals surface area contributed by atoms with Crippen LogP contribution in [0, 0.1) is 18.2 Å². The third-order valence-electron chi connectivity index (χ3n) is 2.77. The van der Waals surface area contributed by atoms with Crippen LogP contribution in [0.1, 0.15) is 35.7 Å². The standard InChI is InChI=1S/C14H17FN2O/c1-3-5-12(4-2)17-9-11-8-10(14(16)18)6-7-13(11)15/h1,6-8,12,17H,4-5,9H2,2H3,(H2,16,18). The number of rotatable bonds is 6. The number of carbonyl (C=O) groups is 1. The van der Waals surface area contributed by atoms with Crippen molar-refractivity contribution in [2.45, 2.75) is 32.4 Å². The van der Waals surface area contributed by atoms with Crippen LogP contribution in [0.3, 0.4) is 0 Å². The highest BCUT2D eigenvalue weighted by Gasteiger charge is 2.09. The van der Waals surface area contributed by atoms with Crippen molar-refractivity contribution in [2.75, 3.05) is 0 Å². The molecular weight excluding hydrogens is 231 g/mol. The van der Waals surface area contributed by atoms with Crippen molar-refractivity contribution in [3.8, 4) is 12.3 Å². The van der Waals surface area contributed by atoms with Gasteiger partial charge in [0.05, 0.1) is 0 Å². The molecule has 1 unspecified atom stereocenters. The molecule has 0 fully saturated rings. The normalized spacial score (nSPS) is 11.8. The lowest BCUT2D eigenvalue weighted by molar-refractivity contribution is 0.1000. The molecule has 0 saturated heterocycles. The zero-order valence-corrected chi connectivity index (χ0v) is 10.4. The van der Waals surface area contributed by atoms with E-state index < -0.39 is 5.91 Å². The van der Waals surface area contributed by atoms with Crippen LogP contribution < -0.4 is 11.1 Å². The van der Waals surface area contributed by atoms with Gasteiger partial charge in [0, 0.05) is 30.1 Å². The third-order valence-corrected chi connectivity index (χ3v) is 2.77. The summed E-state index contributed by atoms with van der Waals surface area (Å²) in [5.74, 6) is 1.65. The minimum absolute atomic E-state index is 0.145. The number of halogens is 1. The van der Waals surface area contributed by atoms with Gasteiger partial charge in [0.2, 0.25) is 5.91 Å². The molecular formula is C14H17FN2O. The Balaban J connectivity index is 2.74. The van der Waals surface area contributed by atoms with Crippen LogP contribution in [0.15, 0.2) is 18.2 Å². The SMILES string of the molecule is C#CCC(CC)NCc1cc(C(N)=O)ccc1F. The summed E-state index contributed by atoms with van der Waals surface area (Å²) in [5.41, 5.74) is 5.88. The van der Waals surface area contributed by atoms with Gasteiger partial charge in [0.25, 0.3) is 0 Å². The van der Waals surface area contributed by atoms with Gasteiger partial charge in [-0.05, 0) is 24.6 Å². The first-order valence-electron chi connectivity index (χ1n) is 5.83. The average molecular weight is 248 g/mol. The maximum atomic E-state index is 13.5. The Bertz CT molecular complexity index is 465. The smallest absolute Gasteiger partial charge is 0.248 e. The molecule has 3 N–H and O–H groups in total. The van der Waals surface area contributed by atoms with Gasteiger partial charge in [0.1, 0.15) is 5.82 Å². The van der Waals surface area contributed by atoms with Crippen LogP contribution in [-0.4, -0.2) is 11.9 Å². The van der Waals surface area contributed by atoms with Crippen molar-refractivity contribution in [3.63, 3.8) is 0 Å². The molecule has 0 saturated carbocycles. The van der Waals surface area contributed by atoms with Gasteiger partial charge in [-0.25, -0.2) is 4.39 Å². The number of benzene rings is 1. The van der Waals surface area contributed by atoms with E-state index in [1.807, 2.05) is 6.92 Å². The Morgan fingerprint density at radius 3 is 2.89 bits per heavy atom. The van der Waals surface area contributed by atoms with Crippen LogP contribution >= 0.6 is 0 Å². The van der Waals surface area contributed by atoms with Gasteiger partial charge in [0.15, 0.2) is 0 Å². The second-order valence-electron chi connectivity index (χ2n) is 4.06. The van der Waals surface area contributed by atoms with Gasteiger partial charge in [-0.3, -0.25) is 4.79 Å². The summed E-state index contributed by atoms with van der Waals surface area (Å²) in [5, 5.41) is 3.16. The maximum Gasteiger partial charge on any atom is 0.248 e. The monoisotopic (exact) mass is 248 g/mol. The summed E-state index contributed by atoms with van der Waals surface area (Å²) < 4.78 is 13.5. The lowest BCUT2D eigenvalue weighted by Crippen LogP contribution is -2.28. The molecule has 18 heavy (non-hydrogen) atoms. The average Bonchev–Trinajstić information content (AvgIpc) is 2.35. The van der Waals surface area contributed by atoms with E-state index in [4.69, 9.17) is 12.2 Å². The van der Waals surface area contributed by atoms with E-state index in [0.29, 0.717) is 24.1 Å². The lowest BCUT2D eigenvalue weighted by atomic mass is 10.1. The minimum Gasteiger partial charge on any atom is -0.366 e. The second kappa shape index (κ2) is 6.77. The molecule has 3 nitrogen and oxygen atoms in total. The number of primary amides is 1. The molecule has 0 bridgehead atoms. The molecule has 96 valence electrons. The van der Waals surface area contributed by atoms with Crippen molar-refractivity contribution in [1.82, 2.24) is 5.32 Å². The Hall–Kier alpha value is -1.86. The summed E-state index contributed by atoms with van der Waals surface area (Å²) in [4.78, 5) is 11.0. The number of nitrogens with two attached hydrogens (primary N) is 1. The molecule has 0 aliphatic rings. The van der Waals surface area contributed by atoms with Crippen LogP contribution in [0.2, 0.25) is 0 Å². The predicted molar refractivity (Wildman–Crippen MR) is 69.3 cm³/mol. The number of hydrogen-bond donors (Lipinski definition) is 2. The molecule has 1 aromatic carbocycles. The summed E-state index contributed by atoms with van der Waals surface area (Å²) in [6.45, 7) is 2.33. The molecule has 0 aliphatic carbocycles. The van der Waals surface area contributed by atoms with Gasteiger partial charge in [-0.15, -0.1) is 12.3 Å². The van der Waals surface area contributed by atoms with Crippen LogP contribution in [0.5, 0.6) is 0 Å². The highest BCUT2D eigenvalue weighted by Crippen LogP contribution is 2.11. The molecule has 0 aromatic heterocycles. The van der Waals surface area contributed by atoms with Crippen molar-refractivity contribution in [1.29, 1.82) is 0 Å². The fourth-order valence-electron chi connectivity index (χ4n) is 1.62. The zero-order chi connectivity index (χ0) is 13.5. The topological polar surface area (TPSA) is 55.1 Å². The highest BCUT2D eigenvalue weighted by atomic mass is 19.1. The van der Waals surface area contributed by atoms with Crippen molar-refractivity contribution >= 4 is 5.91 Å². The van der Waals surface area contributed by atoms with Gasteiger partial charge >= 0.3 is 0 Å². The van der Waals surface area contributed by atoms with E-state index in [2.05, 4.69) is 11.2 Å². The molecule has 1 rings (SSSR count). The van der Waals surface area contributed by atoms with E-state index in [1.54, 1.807) is 0 Å². The van der Waals surface area contributed by atoms with E-state index >= 15 is 0 Å². The molecule has 0 spiro atoms. The number of amides is 1. The summed E-state index contributed by atoms with van der Waals surface area (Å²) in [7, 11) is 0. The zero-order valence-electron chi connectivity index (χ0n) is 10.4. The van der Waals surface area contributed by atoms with Gasteiger partial charge < -0.3 is 11.1 Å². The molecule has 0 heterocycles. The van der Waals surface area contributed by atoms with Gasteiger partial charge in [-0.1, -0.05) is 6.92 Å². The van der Waals surface area contributed by atoms with E-state index in [1.165, 1.54) is 18.2 Å². The molecule has 1 amide bonds. The summed E-state index contributed by atoms with van der Waals surface area (Å²) in [6, 6.07) is 4.23. The number of hydrogen-bond acceptors (Lipinski definition) is 2. The van der Waals surface area contributed by atoms with Crippen molar-refractivity contribution in [3.05, 3.63) is 35.1 Å². The van der Waals surface area contributed by atoms with Crippen molar-refractivity contribution in [2.24, 2.45) is 5.73 Å². The van der Waals surface area contributed by atoms with Crippen molar-refractivity contribution < 1.29 is 9.18 Å². The Morgan fingerprint density at radius 2 is 2.33 bits per heavy atom. The minimum atomic E-state index is -0.563. The molecule has 4 heteroatoms. The molecule has 0 aliphatic heterocycles. The molecule has 1 aromatic rings. The fourth-order valence-corrected chi connectivity index (χ4v) is 1.62. The number of carbonyl (C=O) groups excluding carboxylic acids is 1. The number of terminal acetylenes is 1. The first kappa shape index (κ1) is 14.2.